The summed E-state index contributed by atoms with van der Waals surface area (Å²) >= 11 is 1.07. The predicted octanol–water partition coefficient (Wildman–Crippen LogP) is 7.66. The van der Waals surface area contributed by atoms with Crippen LogP contribution in [0.2, 0.25) is 0 Å². The molecule has 1 aliphatic rings. The van der Waals surface area contributed by atoms with Gasteiger partial charge in [-0.15, -0.1) is 11.3 Å². The Morgan fingerprint density at radius 2 is 1.28 bits per heavy atom. The van der Waals surface area contributed by atoms with Gasteiger partial charge in [-0.2, -0.15) is 26.3 Å². The lowest BCUT2D eigenvalue weighted by Crippen LogP contribution is -2.49. The van der Waals surface area contributed by atoms with E-state index in [0.717, 1.165) is 11.3 Å². The zero-order chi connectivity index (χ0) is 21.4. The molecule has 0 saturated carbocycles. The Hall–Kier alpha value is -2.28. The average Bonchev–Trinajstić information content (AvgIpc) is 3.02. The second kappa shape index (κ2) is 6.11. The lowest BCUT2D eigenvalue weighted by Gasteiger charge is -2.26. The highest BCUT2D eigenvalue weighted by atomic mass is 32.1. The van der Waals surface area contributed by atoms with Gasteiger partial charge in [0.25, 0.3) is 0 Å². The minimum atomic E-state index is -5.55. The summed E-state index contributed by atoms with van der Waals surface area (Å²) in [5.74, 6) is -15.6. The standard InChI is InChI=1S/C22H16F6S/c1-11-8-9-14-6-4-5-7-15(14)17(11)19-18(16-12(2)10-29-13(16)3)20(23,24)22(27,28)21(19,25)26/h4-10H,1-3H3. The first-order valence-electron chi connectivity index (χ1n) is 8.85. The Balaban J connectivity index is 2.24. The van der Waals surface area contributed by atoms with Gasteiger partial charge in [0.05, 0.1) is 0 Å². The van der Waals surface area contributed by atoms with Crippen molar-refractivity contribution in [1.82, 2.24) is 0 Å². The molecule has 29 heavy (non-hydrogen) atoms. The van der Waals surface area contributed by atoms with Crippen LogP contribution >= 0.6 is 11.3 Å². The molecule has 1 heterocycles. The first kappa shape index (κ1) is 20.0. The lowest BCUT2D eigenvalue weighted by molar-refractivity contribution is -0.254. The van der Waals surface area contributed by atoms with Crippen LogP contribution in [-0.2, 0) is 0 Å². The Labute approximate surface area is 167 Å². The fourth-order valence-corrected chi connectivity index (χ4v) is 4.90. The van der Waals surface area contributed by atoms with E-state index in [4.69, 9.17) is 0 Å². The molecular weight excluding hydrogens is 410 g/mol. The molecule has 7 heteroatoms. The molecule has 0 N–H and O–H groups in total. The highest BCUT2D eigenvalue weighted by Crippen LogP contribution is 2.66. The quantitative estimate of drug-likeness (QED) is 0.369. The summed E-state index contributed by atoms with van der Waals surface area (Å²) in [6.45, 7) is 4.40. The summed E-state index contributed by atoms with van der Waals surface area (Å²) in [7, 11) is 0. The number of allylic oxidation sites excluding steroid dienone is 2. The van der Waals surface area contributed by atoms with Gasteiger partial charge in [-0.25, -0.2) is 0 Å². The maximum atomic E-state index is 15.1. The third-order valence-electron chi connectivity index (χ3n) is 5.46. The van der Waals surface area contributed by atoms with Gasteiger partial charge in [0.1, 0.15) is 0 Å². The van der Waals surface area contributed by atoms with E-state index in [1.165, 1.54) is 38.3 Å². The highest BCUT2D eigenvalue weighted by molar-refractivity contribution is 7.10. The minimum absolute atomic E-state index is 0.223. The molecule has 0 unspecified atom stereocenters. The van der Waals surface area contributed by atoms with Crippen LogP contribution in [0.15, 0.2) is 41.8 Å². The molecule has 4 rings (SSSR count). The maximum absolute atomic E-state index is 15.1. The molecule has 152 valence electrons. The van der Waals surface area contributed by atoms with Crippen molar-refractivity contribution >= 4 is 33.3 Å². The monoisotopic (exact) mass is 426 g/mol. The van der Waals surface area contributed by atoms with Crippen molar-refractivity contribution in [2.24, 2.45) is 0 Å². The van der Waals surface area contributed by atoms with Crippen molar-refractivity contribution in [3.8, 4) is 0 Å². The van der Waals surface area contributed by atoms with Crippen LogP contribution in [0.5, 0.6) is 0 Å². The van der Waals surface area contributed by atoms with Crippen molar-refractivity contribution < 1.29 is 26.3 Å². The van der Waals surface area contributed by atoms with Gasteiger partial charge in [0.2, 0.25) is 0 Å². The summed E-state index contributed by atoms with van der Waals surface area (Å²) in [6, 6.07) is 9.48. The molecule has 0 amide bonds. The zero-order valence-corrected chi connectivity index (χ0v) is 16.5. The Bertz CT molecular complexity index is 1150. The van der Waals surface area contributed by atoms with Crippen molar-refractivity contribution in [2.45, 2.75) is 38.5 Å². The van der Waals surface area contributed by atoms with Gasteiger partial charge in [-0.3, -0.25) is 0 Å². The first-order chi connectivity index (χ1) is 13.4. The Morgan fingerprint density at radius 1 is 0.690 bits per heavy atom. The predicted molar refractivity (Wildman–Crippen MR) is 104 cm³/mol. The number of thiophene rings is 1. The summed E-state index contributed by atoms with van der Waals surface area (Å²) in [5.41, 5.74) is -2.54. The molecule has 0 atom stereocenters. The van der Waals surface area contributed by atoms with Crippen LogP contribution in [0.4, 0.5) is 26.3 Å². The molecule has 0 saturated heterocycles. The Kier molecular flexibility index (Phi) is 4.22. The lowest BCUT2D eigenvalue weighted by atomic mass is 9.88. The molecule has 0 radical (unpaired) electrons. The second-order valence-electron chi connectivity index (χ2n) is 7.30. The SMILES string of the molecule is Cc1csc(C)c1C1=C(c2c(C)ccc3ccccc23)C(F)(F)C(F)(F)C1(F)F. The molecule has 0 aliphatic heterocycles. The average molecular weight is 426 g/mol. The molecule has 0 bridgehead atoms. The Morgan fingerprint density at radius 3 is 1.86 bits per heavy atom. The number of benzene rings is 2. The van der Waals surface area contributed by atoms with Crippen LogP contribution in [0.1, 0.15) is 27.1 Å². The van der Waals surface area contributed by atoms with Crippen molar-refractivity contribution in [1.29, 1.82) is 0 Å². The van der Waals surface area contributed by atoms with Gasteiger partial charge in [0, 0.05) is 21.6 Å². The smallest absolute Gasteiger partial charge is 0.194 e. The number of aryl methyl sites for hydroxylation is 3. The van der Waals surface area contributed by atoms with E-state index in [9.17, 15) is 17.6 Å². The van der Waals surface area contributed by atoms with Crippen molar-refractivity contribution in [2.75, 3.05) is 0 Å². The van der Waals surface area contributed by atoms with E-state index in [0.29, 0.717) is 10.3 Å². The van der Waals surface area contributed by atoms with E-state index < -0.39 is 28.9 Å². The van der Waals surface area contributed by atoms with E-state index >= 15 is 8.78 Å². The summed E-state index contributed by atoms with van der Waals surface area (Å²) in [6.07, 6.45) is 0. The van der Waals surface area contributed by atoms with Crippen molar-refractivity contribution in [3.63, 3.8) is 0 Å². The molecule has 2 aromatic carbocycles. The van der Waals surface area contributed by atoms with Gasteiger partial charge in [-0.1, -0.05) is 36.4 Å². The maximum Gasteiger partial charge on any atom is 0.380 e. The molecule has 0 fully saturated rings. The third kappa shape index (κ3) is 2.46. The summed E-state index contributed by atoms with van der Waals surface area (Å²) in [4.78, 5) is 0.293. The first-order valence-corrected chi connectivity index (χ1v) is 9.73. The molecule has 0 spiro atoms. The highest BCUT2D eigenvalue weighted by Gasteiger charge is 2.80. The molecule has 1 aromatic heterocycles. The fraction of sp³-hybridized carbons (Fsp3) is 0.273. The summed E-state index contributed by atoms with van der Waals surface area (Å²) < 4.78 is 89.2. The van der Waals surface area contributed by atoms with E-state index in [1.807, 2.05) is 0 Å². The second-order valence-corrected chi connectivity index (χ2v) is 8.39. The third-order valence-corrected chi connectivity index (χ3v) is 6.49. The minimum Gasteiger partial charge on any atom is -0.194 e. The van der Waals surface area contributed by atoms with Gasteiger partial charge in [-0.05, 0) is 53.6 Å². The van der Waals surface area contributed by atoms with E-state index in [1.54, 1.807) is 24.3 Å². The van der Waals surface area contributed by atoms with Gasteiger partial charge in [0.15, 0.2) is 0 Å². The fourth-order valence-electron chi connectivity index (χ4n) is 4.05. The number of alkyl halides is 6. The van der Waals surface area contributed by atoms with Gasteiger partial charge >= 0.3 is 17.8 Å². The van der Waals surface area contributed by atoms with Crippen LogP contribution in [-0.4, -0.2) is 17.8 Å². The number of rotatable bonds is 2. The topological polar surface area (TPSA) is 0 Å². The molecule has 0 nitrogen and oxygen atoms in total. The van der Waals surface area contributed by atoms with Crippen LogP contribution in [0.25, 0.3) is 21.9 Å². The summed E-state index contributed by atoms with van der Waals surface area (Å²) in [5, 5.41) is 2.25. The van der Waals surface area contributed by atoms with E-state index in [-0.39, 0.29) is 27.6 Å². The van der Waals surface area contributed by atoms with Crippen LogP contribution in [0.3, 0.4) is 0 Å². The van der Waals surface area contributed by atoms with Crippen LogP contribution < -0.4 is 0 Å². The molecular formula is C22H16F6S. The number of hydrogen-bond acceptors (Lipinski definition) is 1. The normalized spacial score (nSPS) is 19.9. The number of halogens is 6. The largest absolute Gasteiger partial charge is 0.380 e. The zero-order valence-electron chi connectivity index (χ0n) is 15.7. The van der Waals surface area contributed by atoms with Gasteiger partial charge < -0.3 is 0 Å². The number of fused-ring (bicyclic) bond motifs is 1. The van der Waals surface area contributed by atoms with E-state index in [2.05, 4.69) is 0 Å². The van der Waals surface area contributed by atoms with Crippen LogP contribution in [0, 0.1) is 20.8 Å². The van der Waals surface area contributed by atoms with Crippen molar-refractivity contribution in [3.05, 3.63) is 68.9 Å². The molecule has 1 aliphatic carbocycles. The number of hydrogen-bond donors (Lipinski definition) is 0. The molecule has 3 aromatic rings.